The first kappa shape index (κ1) is 31.4. The van der Waals surface area contributed by atoms with Gasteiger partial charge in [-0.25, -0.2) is 9.18 Å². The topological polar surface area (TPSA) is 114 Å². The summed E-state index contributed by atoms with van der Waals surface area (Å²) in [5, 5.41) is 16.1. The average molecular weight is 584 g/mol. The van der Waals surface area contributed by atoms with E-state index in [1.165, 1.54) is 6.07 Å². The van der Waals surface area contributed by atoms with Gasteiger partial charge < -0.3 is 20.9 Å². The minimum atomic E-state index is -1.14. The van der Waals surface area contributed by atoms with Gasteiger partial charge in [0.05, 0.1) is 18.7 Å². The van der Waals surface area contributed by atoms with E-state index in [0.717, 1.165) is 22.4 Å². The smallest absolute Gasteiger partial charge is 0.326 e. The lowest BCUT2D eigenvalue weighted by atomic mass is 9.77. The molecule has 0 fully saturated rings. The van der Waals surface area contributed by atoms with Gasteiger partial charge in [-0.3, -0.25) is 10.1 Å². The summed E-state index contributed by atoms with van der Waals surface area (Å²) in [6, 6.07) is 32.2. The lowest BCUT2D eigenvalue weighted by molar-refractivity contribution is -0.142. The van der Waals surface area contributed by atoms with Gasteiger partial charge in [0, 0.05) is 0 Å². The van der Waals surface area contributed by atoms with Crippen LogP contribution in [0.2, 0.25) is 0 Å². The number of hydrogen-bond donors (Lipinski definition) is 4. The molecule has 7 nitrogen and oxygen atoms in total. The molecule has 0 unspecified atom stereocenters. The van der Waals surface area contributed by atoms with Crippen LogP contribution in [0.25, 0.3) is 0 Å². The normalized spacial score (nSPS) is 12.7. The quantitative estimate of drug-likeness (QED) is 0.115. The zero-order valence-corrected chi connectivity index (χ0v) is 24.2. The maximum absolute atomic E-state index is 14.0. The SMILES string of the molecule is COc1ccc(C(NCCCC[C@H](NC(=O)[C@@H](N)Cc2ccccc2F)C(=O)O)(c2ccccc2)c2ccccc2)cc1. The largest absolute Gasteiger partial charge is 0.497 e. The van der Waals surface area contributed by atoms with Gasteiger partial charge in [-0.05, 0) is 72.7 Å². The first-order valence-electron chi connectivity index (χ1n) is 14.4. The number of methoxy groups -OCH3 is 1. The van der Waals surface area contributed by atoms with Crippen molar-refractivity contribution in [1.29, 1.82) is 0 Å². The Hall–Kier alpha value is -4.53. The van der Waals surface area contributed by atoms with Gasteiger partial charge in [0.1, 0.15) is 17.6 Å². The van der Waals surface area contributed by atoms with Crippen LogP contribution in [0.15, 0.2) is 109 Å². The maximum Gasteiger partial charge on any atom is 0.326 e. The molecule has 0 radical (unpaired) electrons. The molecule has 0 saturated carbocycles. The number of carboxylic acids is 1. The van der Waals surface area contributed by atoms with E-state index in [1.807, 2.05) is 60.7 Å². The van der Waals surface area contributed by atoms with Crippen molar-refractivity contribution in [3.63, 3.8) is 0 Å². The van der Waals surface area contributed by atoms with E-state index < -0.39 is 35.3 Å². The zero-order valence-electron chi connectivity index (χ0n) is 24.2. The van der Waals surface area contributed by atoms with Crippen LogP contribution in [0.3, 0.4) is 0 Å². The zero-order chi connectivity index (χ0) is 30.7. The highest BCUT2D eigenvalue weighted by atomic mass is 19.1. The van der Waals surface area contributed by atoms with E-state index >= 15 is 0 Å². The van der Waals surface area contributed by atoms with Gasteiger partial charge in [-0.1, -0.05) is 91.0 Å². The van der Waals surface area contributed by atoms with E-state index in [4.69, 9.17) is 10.5 Å². The first-order valence-corrected chi connectivity index (χ1v) is 14.4. The van der Waals surface area contributed by atoms with Crippen molar-refractivity contribution in [2.45, 2.75) is 43.3 Å². The predicted octanol–water partition coefficient (Wildman–Crippen LogP) is 5.03. The van der Waals surface area contributed by atoms with Crippen LogP contribution in [0, 0.1) is 5.82 Å². The fraction of sp³-hybridized carbons (Fsp3) is 0.257. The fourth-order valence-electron chi connectivity index (χ4n) is 5.30. The number of rotatable bonds is 15. The second-order valence-corrected chi connectivity index (χ2v) is 10.4. The van der Waals surface area contributed by atoms with Gasteiger partial charge in [0.25, 0.3) is 0 Å². The molecule has 4 aromatic rings. The molecule has 0 aliphatic carbocycles. The number of aliphatic carboxylic acids is 1. The first-order chi connectivity index (χ1) is 20.8. The van der Waals surface area contributed by atoms with E-state index in [9.17, 15) is 19.1 Å². The molecule has 1 amide bonds. The highest BCUT2D eigenvalue weighted by Gasteiger charge is 2.35. The molecule has 0 aliphatic heterocycles. The summed E-state index contributed by atoms with van der Waals surface area (Å²) in [4.78, 5) is 24.6. The van der Waals surface area contributed by atoms with Gasteiger partial charge in [-0.15, -0.1) is 0 Å². The van der Waals surface area contributed by atoms with Crippen molar-refractivity contribution >= 4 is 11.9 Å². The summed E-state index contributed by atoms with van der Waals surface area (Å²) in [7, 11) is 1.64. The standard InChI is InChI=1S/C35H38FN3O4/c1-43-29-21-19-28(20-22-29)35(26-13-4-2-5-14-26,27-15-6-3-7-16-27)38-23-11-10-18-32(34(41)42)39-33(40)31(37)24-25-12-8-9-17-30(25)36/h2-9,12-17,19-22,31-32,38H,10-11,18,23-24,37H2,1H3,(H,39,40)(H,41,42)/t31-,32-/m0/s1. The van der Waals surface area contributed by atoms with E-state index in [2.05, 4.69) is 34.9 Å². The van der Waals surface area contributed by atoms with Gasteiger partial charge in [0.15, 0.2) is 0 Å². The lowest BCUT2D eigenvalue weighted by Crippen LogP contribution is -2.49. The molecule has 0 aliphatic rings. The third kappa shape index (κ3) is 7.85. The van der Waals surface area contributed by atoms with E-state index in [0.29, 0.717) is 24.9 Å². The molecule has 43 heavy (non-hydrogen) atoms. The van der Waals surface area contributed by atoms with Gasteiger partial charge >= 0.3 is 5.97 Å². The maximum atomic E-state index is 14.0. The van der Waals surface area contributed by atoms with E-state index in [1.54, 1.807) is 25.3 Å². The van der Waals surface area contributed by atoms with Gasteiger partial charge in [-0.2, -0.15) is 0 Å². The highest BCUT2D eigenvalue weighted by Crippen LogP contribution is 2.37. The molecule has 0 aromatic heterocycles. The van der Waals surface area contributed by atoms with Crippen molar-refractivity contribution in [3.05, 3.63) is 137 Å². The Bertz CT molecular complexity index is 1430. The van der Waals surface area contributed by atoms with Crippen molar-refractivity contribution in [3.8, 4) is 5.75 Å². The molecule has 0 heterocycles. The molecule has 0 spiro atoms. The summed E-state index contributed by atoms with van der Waals surface area (Å²) in [5.41, 5.74) is 8.77. The summed E-state index contributed by atoms with van der Waals surface area (Å²) in [6.45, 7) is 0.572. The van der Waals surface area contributed by atoms with Crippen LogP contribution in [0.5, 0.6) is 5.75 Å². The molecule has 2 atom stereocenters. The number of nitrogens with two attached hydrogens (primary N) is 1. The van der Waals surface area contributed by atoms with Crippen molar-refractivity contribution in [2.75, 3.05) is 13.7 Å². The Balaban J connectivity index is 1.45. The molecule has 0 bridgehead atoms. The molecule has 5 N–H and O–H groups in total. The molecule has 224 valence electrons. The number of carboxylic acid groups (broad SMARTS) is 1. The number of unbranched alkanes of at least 4 members (excludes halogenated alkanes) is 1. The number of carbonyl (C=O) groups is 2. The number of benzene rings is 4. The Morgan fingerprint density at radius 3 is 1.95 bits per heavy atom. The molecular formula is C35H38FN3O4. The summed E-state index contributed by atoms with van der Waals surface area (Å²) in [5.74, 6) is -1.46. The number of halogens is 1. The van der Waals surface area contributed by atoms with E-state index in [-0.39, 0.29) is 12.8 Å². The monoisotopic (exact) mass is 583 g/mol. The number of hydrogen-bond acceptors (Lipinski definition) is 5. The molecule has 0 saturated heterocycles. The molecule has 8 heteroatoms. The van der Waals surface area contributed by atoms with Crippen molar-refractivity contribution < 1.29 is 23.8 Å². The number of ether oxygens (including phenoxy) is 1. The summed E-state index contributed by atoms with van der Waals surface area (Å²) >= 11 is 0. The van der Waals surface area contributed by atoms with Crippen LogP contribution in [-0.4, -0.2) is 42.7 Å². The van der Waals surface area contributed by atoms with Crippen LogP contribution in [-0.2, 0) is 21.5 Å². The number of amides is 1. The Morgan fingerprint density at radius 1 is 0.837 bits per heavy atom. The predicted molar refractivity (Wildman–Crippen MR) is 165 cm³/mol. The molecule has 4 rings (SSSR count). The summed E-state index contributed by atoms with van der Waals surface area (Å²) < 4.78 is 19.4. The Labute approximate surface area is 251 Å². The Morgan fingerprint density at radius 2 is 1.40 bits per heavy atom. The van der Waals surface area contributed by atoms with Crippen molar-refractivity contribution in [1.82, 2.24) is 10.6 Å². The third-order valence-corrected chi connectivity index (χ3v) is 7.60. The van der Waals surface area contributed by atoms with Crippen LogP contribution in [0.4, 0.5) is 4.39 Å². The minimum absolute atomic E-state index is 0.0266. The second-order valence-electron chi connectivity index (χ2n) is 10.4. The van der Waals surface area contributed by atoms with Crippen LogP contribution in [0.1, 0.15) is 41.5 Å². The second kappa shape index (κ2) is 15.1. The van der Waals surface area contributed by atoms with Crippen LogP contribution >= 0.6 is 0 Å². The fourth-order valence-corrected chi connectivity index (χ4v) is 5.30. The molecule has 4 aromatic carbocycles. The third-order valence-electron chi connectivity index (χ3n) is 7.60. The number of nitrogens with one attached hydrogen (secondary N) is 2. The average Bonchev–Trinajstić information content (AvgIpc) is 3.04. The minimum Gasteiger partial charge on any atom is -0.497 e. The highest BCUT2D eigenvalue weighted by molar-refractivity contribution is 5.87. The number of carbonyl (C=O) groups excluding carboxylic acids is 1. The van der Waals surface area contributed by atoms with Crippen molar-refractivity contribution in [2.24, 2.45) is 5.73 Å². The van der Waals surface area contributed by atoms with Crippen LogP contribution < -0.4 is 21.1 Å². The van der Waals surface area contributed by atoms with Gasteiger partial charge in [0.2, 0.25) is 5.91 Å². The summed E-state index contributed by atoms with van der Waals surface area (Å²) in [6.07, 6.45) is 1.39. The Kier molecular flexibility index (Phi) is 11.0. The molecular weight excluding hydrogens is 545 g/mol. The lowest BCUT2D eigenvalue weighted by Gasteiger charge is -2.37.